The van der Waals surface area contributed by atoms with Gasteiger partial charge in [-0.2, -0.15) is 0 Å². The van der Waals surface area contributed by atoms with Crippen LogP contribution in [0.4, 0.5) is 0 Å². The van der Waals surface area contributed by atoms with E-state index in [2.05, 4.69) is 0 Å². The number of carboxylic acid groups (broad SMARTS) is 1. The number of phenolic OH excluding ortho intramolecular Hbond substituents is 2. The van der Waals surface area contributed by atoms with Crippen LogP contribution < -0.4 is 0 Å². The fourth-order valence-electron chi connectivity index (χ4n) is 0.812. The van der Waals surface area contributed by atoms with Gasteiger partial charge in [0.2, 0.25) is 0 Å². The van der Waals surface area contributed by atoms with E-state index >= 15 is 0 Å². The van der Waals surface area contributed by atoms with Crippen LogP contribution in [0, 0.1) is 0 Å². The van der Waals surface area contributed by atoms with Crippen molar-refractivity contribution in [2.75, 3.05) is 0 Å². The van der Waals surface area contributed by atoms with E-state index in [1.54, 1.807) is 0 Å². The van der Waals surface area contributed by atoms with Crippen molar-refractivity contribution in [2.24, 2.45) is 0 Å². The Morgan fingerprint density at radius 2 is 1.86 bits per heavy atom. The van der Waals surface area contributed by atoms with Crippen LogP contribution in [0.3, 0.4) is 0 Å². The number of carboxylic acids is 1. The molecule has 4 nitrogen and oxygen atoms in total. The zero-order valence-electron chi connectivity index (χ0n) is 6.64. The summed E-state index contributed by atoms with van der Waals surface area (Å²) in [6.07, 6.45) is 2.27. The molecular weight excluding hydrogens is 309 g/mol. The average Bonchev–Trinajstić information content (AvgIpc) is 2.07. The van der Waals surface area contributed by atoms with Gasteiger partial charge in [-0.15, -0.1) is 0 Å². The first-order valence-electron chi connectivity index (χ1n) is 3.52. The van der Waals surface area contributed by atoms with Gasteiger partial charge in [-0.05, 0) is 23.8 Å². The average molecular weight is 320 g/mol. The number of aromatic hydroxyl groups is 2. The Bertz CT molecular complexity index is 360. The molecule has 3 N–H and O–H groups in total. The van der Waals surface area contributed by atoms with E-state index in [-0.39, 0.29) is 60.4 Å². The molecule has 72 valence electrons. The Morgan fingerprint density at radius 1 is 1.21 bits per heavy atom. The van der Waals surface area contributed by atoms with Gasteiger partial charge in [0, 0.05) is 6.08 Å². The summed E-state index contributed by atoms with van der Waals surface area (Å²) in [5.74, 6) is -1.56. The number of rotatable bonds is 2. The molecule has 0 amide bonds. The number of carbonyl (C=O) groups is 1. The summed E-state index contributed by atoms with van der Waals surface area (Å²) >= 11 is 0. The van der Waals surface area contributed by atoms with E-state index in [4.69, 9.17) is 15.3 Å². The number of hydrogen-bond acceptors (Lipinski definition) is 3. The topological polar surface area (TPSA) is 77.8 Å². The zero-order chi connectivity index (χ0) is 9.84. The molecule has 0 aliphatic carbocycles. The van der Waals surface area contributed by atoms with Crippen molar-refractivity contribution in [3.63, 3.8) is 0 Å². The fourth-order valence-corrected chi connectivity index (χ4v) is 0.812. The van der Waals surface area contributed by atoms with Gasteiger partial charge >= 0.3 is 54.9 Å². The molecule has 0 unspecified atom stereocenters. The van der Waals surface area contributed by atoms with E-state index in [9.17, 15) is 4.79 Å². The standard InChI is InChI=1S/C9H8O4.Ba.2H/c10-7-3-1-6(5-8(7)11)2-4-9(12)13;;;/h1-5,10-11H,(H,12,13);;;/b4-2+;;;. The van der Waals surface area contributed by atoms with Crippen LogP contribution in [-0.2, 0) is 4.79 Å². The van der Waals surface area contributed by atoms with Gasteiger partial charge in [0.25, 0.3) is 0 Å². The third-order valence-electron chi connectivity index (χ3n) is 1.42. The van der Waals surface area contributed by atoms with Gasteiger partial charge in [0.05, 0.1) is 0 Å². The molecule has 0 aliphatic rings. The summed E-state index contributed by atoms with van der Waals surface area (Å²) in [4.78, 5) is 10.1. The molecule has 0 saturated heterocycles. The molecule has 1 rings (SSSR count). The van der Waals surface area contributed by atoms with Crippen LogP contribution in [0.25, 0.3) is 6.08 Å². The van der Waals surface area contributed by atoms with Gasteiger partial charge in [-0.25, -0.2) is 4.79 Å². The predicted octanol–water partition coefficient (Wildman–Crippen LogP) is 0.279. The van der Waals surface area contributed by atoms with Crippen molar-refractivity contribution >= 4 is 60.9 Å². The molecule has 0 atom stereocenters. The fraction of sp³-hybridized carbons (Fsp3) is 0. The van der Waals surface area contributed by atoms with E-state index < -0.39 is 5.97 Å². The summed E-state index contributed by atoms with van der Waals surface area (Å²) in [7, 11) is 0. The summed E-state index contributed by atoms with van der Waals surface area (Å²) in [5.41, 5.74) is 0.512. The third kappa shape index (κ3) is 4.21. The molecular formula is C9H10BaO4. The number of hydrogen-bond donors (Lipinski definition) is 3. The van der Waals surface area contributed by atoms with Crippen molar-refractivity contribution in [1.82, 2.24) is 0 Å². The van der Waals surface area contributed by atoms with Crippen LogP contribution in [0.15, 0.2) is 24.3 Å². The Hall–Kier alpha value is -0.399. The Labute approximate surface area is 121 Å². The maximum atomic E-state index is 10.1. The van der Waals surface area contributed by atoms with Crippen LogP contribution in [-0.4, -0.2) is 70.2 Å². The molecule has 0 spiro atoms. The molecule has 5 heteroatoms. The van der Waals surface area contributed by atoms with Crippen LogP contribution >= 0.6 is 0 Å². The SMILES string of the molecule is O=C(O)/C=C/c1ccc(O)c(O)c1.[BaH2]. The molecule has 0 heterocycles. The Kier molecular flexibility index (Phi) is 5.98. The second-order valence-corrected chi connectivity index (χ2v) is 2.42. The van der Waals surface area contributed by atoms with Gasteiger partial charge < -0.3 is 15.3 Å². The molecule has 0 aromatic heterocycles. The van der Waals surface area contributed by atoms with Crippen LogP contribution in [0.2, 0.25) is 0 Å². The van der Waals surface area contributed by atoms with E-state index in [0.717, 1.165) is 6.08 Å². The van der Waals surface area contributed by atoms with Crippen molar-refractivity contribution < 1.29 is 20.1 Å². The zero-order valence-corrected chi connectivity index (χ0v) is 6.64. The van der Waals surface area contributed by atoms with E-state index in [1.807, 2.05) is 0 Å². The Morgan fingerprint density at radius 3 is 2.36 bits per heavy atom. The van der Waals surface area contributed by atoms with Crippen LogP contribution in [0.5, 0.6) is 11.5 Å². The molecule has 14 heavy (non-hydrogen) atoms. The molecule has 0 aliphatic heterocycles. The first kappa shape index (κ1) is 13.6. The monoisotopic (exact) mass is 320 g/mol. The minimum absolute atomic E-state index is 0. The predicted molar refractivity (Wildman–Crippen MR) is 55.0 cm³/mol. The molecule has 0 fully saturated rings. The van der Waals surface area contributed by atoms with Crippen molar-refractivity contribution in [2.45, 2.75) is 0 Å². The molecule has 0 saturated carbocycles. The normalized spacial score (nSPS) is 9.71. The second-order valence-electron chi connectivity index (χ2n) is 2.42. The Balaban J connectivity index is 0.00000169. The van der Waals surface area contributed by atoms with Gasteiger partial charge in [0.1, 0.15) is 0 Å². The summed E-state index contributed by atoms with van der Waals surface area (Å²) < 4.78 is 0. The molecule has 1 aromatic carbocycles. The first-order chi connectivity index (χ1) is 6.09. The minimum atomic E-state index is -1.06. The van der Waals surface area contributed by atoms with Gasteiger partial charge in [-0.1, -0.05) is 6.07 Å². The van der Waals surface area contributed by atoms with Gasteiger partial charge in [0.15, 0.2) is 11.5 Å². The maximum absolute atomic E-state index is 10.1. The molecule has 0 radical (unpaired) electrons. The van der Waals surface area contributed by atoms with Gasteiger partial charge in [-0.3, -0.25) is 0 Å². The summed E-state index contributed by atoms with van der Waals surface area (Å²) in [6, 6.07) is 4.06. The number of benzene rings is 1. The molecule has 1 aromatic rings. The van der Waals surface area contributed by atoms with Crippen molar-refractivity contribution in [3.05, 3.63) is 29.8 Å². The van der Waals surface area contributed by atoms with E-state index in [1.165, 1.54) is 24.3 Å². The van der Waals surface area contributed by atoms with Crippen LogP contribution in [0.1, 0.15) is 5.56 Å². The van der Waals surface area contributed by atoms with E-state index in [0.29, 0.717) is 5.56 Å². The van der Waals surface area contributed by atoms with Crippen molar-refractivity contribution in [3.8, 4) is 11.5 Å². The summed E-state index contributed by atoms with van der Waals surface area (Å²) in [5, 5.41) is 26.3. The first-order valence-corrected chi connectivity index (χ1v) is 3.52. The quantitative estimate of drug-likeness (QED) is 0.416. The summed E-state index contributed by atoms with van der Waals surface area (Å²) in [6.45, 7) is 0. The molecule has 0 bridgehead atoms. The number of aliphatic carboxylic acids is 1. The van der Waals surface area contributed by atoms with Crippen molar-refractivity contribution in [1.29, 1.82) is 0 Å². The second kappa shape index (κ2) is 6.15. The number of phenols is 2. The third-order valence-corrected chi connectivity index (χ3v) is 1.42.